The molecule has 0 unspecified atom stereocenters. The number of hydrogen-bond donors (Lipinski definition) is 2. The van der Waals surface area contributed by atoms with E-state index in [0.717, 1.165) is 16.1 Å². The van der Waals surface area contributed by atoms with Gasteiger partial charge in [-0.15, -0.1) is 5.10 Å². The third-order valence-electron chi connectivity index (χ3n) is 2.23. The predicted octanol–water partition coefficient (Wildman–Crippen LogP) is -1.27. The average Bonchev–Trinajstić information content (AvgIpc) is 2.77. The highest BCUT2D eigenvalue weighted by molar-refractivity contribution is 7.10. The van der Waals surface area contributed by atoms with Crippen LogP contribution in [0.1, 0.15) is 5.69 Å². The molecule has 2 aromatic heterocycles. The summed E-state index contributed by atoms with van der Waals surface area (Å²) in [5, 5.41) is 4.34. The van der Waals surface area contributed by atoms with E-state index in [0.29, 0.717) is 10.7 Å². The lowest BCUT2D eigenvalue weighted by molar-refractivity contribution is 0.630. The first-order chi connectivity index (χ1) is 8.13. The van der Waals surface area contributed by atoms with Gasteiger partial charge in [-0.05, 0) is 0 Å². The number of hydrazine groups is 1. The minimum Gasteiger partial charge on any atom is -0.313 e. The maximum Gasteiger partial charge on any atom is 0.331 e. The molecule has 0 radical (unpaired) electrons. The fraction of sp³-hybridized carbons (Fsp3) is 0.250. The van der Waals surface area contributed by atoms with E-state index in [1.807, 2.05) is 0 Å². The Morgan fingerprint density at radius 2 is 2.29 bits per heavy atom. The van der Waals surface area contributed by atoms with Crippen LogP contribution in [0.3, 0.4) is 0 Å². The molecule has 8 nitrogen and oxygen atoms in total. The third kappa shape index (κ3) is 2.10. The summed E-state index contributed by atoms with van der Waals surface area (Å²) in [6, 6.07) is 1.32. The fourth-order valence-electron chi connectivity index (χ4n) is 1.33. The average molecular weight is 254 g/mol. The van der Waals surface area contributed by atoms with Crippen molar-refractivity contribution in [1.82, 2.24) is 18.7 Å². The van der Waals surface area contributed by atoms with Crippen LogP contribution in [0.2, 0.25) is 0 Å². The van der Waals surface area contributed by atoms with Crippen molar-refractivity contribution in [3.05, 3.63) is 38.8 Å². The van der Waals surface area contributed by atoms with Gasteiger partial charge >= 0.3 is 5.69 Å². The summed E-state index contributed by atoms with van der Waals surface area (Å²) in [4.78, 5) is 23.3. The highest BCUT2D eigenvalue weighted by Gasteiger charge is 2.10. The van der Waals surface area contributed by atoms with Gasteiger partial charge in [0, 0.05) is 30.8 Å². The smallest absolute Gasteiger partial charge is 0.313 e. The Morgan fingerprint density at radius 1 is 1.53 bits per heavy atom. The van der Waals surface area contributed by atoms with Crippen LogP contribution < -0.4 is 22.5 Å². The van der Waals surface area contributed by atoms with Crippen molar-refractivity contribution in [3.8, 4) is 0 Å². The molecule has 0 aliphatic heterocycles. The molecule has 90 valence electrons. The van der Waals surface area contributed by atoms with Gasteiger partial charge in [0.15, 0.2) is 0 Å². The maximum absolute atomic E-state index is 11.7. The number of nitrogens with one attached hydrogen (secondary N) is 1. The number of nitrogen functional groups attached to an aromatic ring is 1. The van der Waals surface area contributed by atoms with Crippen molar-refractivity contribution in [2.24, 2.45) is 12.9 Å². The SMILES string of the molecule is Cn1ccc(=O)n(Cc2nnsc2NN)c1=O. The van der Waals surface area contributed by atoms with Crippen molar-refractivity contribution < 1.29 is 0 Å². The Bertz CT molecular complexity index is 642. The largest absolute Gasteiger partial charge is 0.331 e. The van der Waals surface area contributed by atoms with Crippen LogP contribution in [0, 0.1) is 0 Å². The molecule has 0 amide bonds. The van der Waals surface area contributed by atoms with E-state index in [4.69, 9.17) is 5.84 Å². The van der Waals surface area contributed by atoms with Crippen LogP contribution in [0.25, 0.3) is 0 Å². The second kappa shape index (κ2) is 4.47. The van der Waals surface area contributed by atoms with Gasteiger partial charge in [-0.1, -0.05) is 4.49 Å². The third-order valence-corrected chi connectivity index (χ3v) is 2.93. The second-order valence-electron chi connectivity index (χ2n) is 3.33. The highest BCUT2D eigenvalue weighted by atomic mass is 32.1. The molecule has 0 saturated carbocycles. The van der Waals surface area contributed by atoms with Gasteiger partial charge < -0.3 is 9.99 Å². The summed E-state index contributed by atoms with van der Waals surface area (Å²) in [7, 11) is 1.57. The van der Waals surface area contributed by atoms with E-state index in [-0.39, 0.29) is 12.1 Å². The molecule has 2 heterocycles. The minimum atomic E-state index is -0.409. The molecule has 0 aliphatic carbocycles. The van der Waals surface area contributed by atoms with E-state index in [2.05, 4.69) is 15.0 Å². The topological polar surface area (TPSA) is 108 Å². The molecule has 9 heteroatoms. The number of nitrogens with zero attached hydrogens (tertiary/aromatic N) is 4. The van der Waals surface area contributed by atoms with E-state index in [9.17, 15) is 9.59 Å². The number of anilines is 1. The summed E-state index contributed by atoms with van der Waals surface area (Å²) in [5.74, 6) is 5.26. The van der Waals surface area contributed by atoms with Crippen molar-refractivity contribution in [1.29, 1.82) is 0 Å². The van der Waals surface area contributed by atoms with Crippen molar-refractivity contribution in [3.63, 3.8) is 0 Å². The van der Waals surface area contributed by atoms with Gasteiger partial charge in [0.2, 0.25) is 0 Å². The Kier molecular flexibility index (Phi) is 3.02. The summed E-state index contributed by atoms with van der Waals surface area (Å²) in [6.45, 7) is 0.0440. The van der Waals surface area contributed by atoms with Crippen molar-refractivity contribution >= 4 is 16.5 Å². The van der Waals surface area contributed by atoms with E-state index in [1.54, 1.807) is 7.05 Å². The number of rotatable bonds is 3. The number of aromatic nitrogens is 4. The van der Waals surface area contributed by atoms with Crippen LogP contribution in [0.4, 0.5) is 5.00 Å². The molecule has 0 atom stereocenters. The zero-order chi connectivity index (χ0) is 12.4. The first kappa shape index (κ1) is 11.5. The van der Waals surface area contributed by atoms with Crippen LogP contribution in [0.5, 0.6) is 0 Å². The quantitative estimate of drug-likeness (QED) is 0.522. The zero-order valence-corrected chi connectivity index (χ0v) is 9.77. The van der Waals surface area contributed by atoms with Gasteiger partial charge in [-0.25, -0.2) is 10.6 Å². The molecular weight excluding hydrogens is 244 g/mol. The van der Waals surface area contributed by atoms with Crippen LogP contribution in [0.15, 0.2) is 21.9 Å². The lowest BCUT2D eigenvalue weighted by Gasteiger charge is -2.05. The molecule has 17 heavy (non-hydrogen) atoms. The van der Waals surface area contributed by atoms with E-state index in [1.165, 1.54) is 16.8 Å². The van der Waals surface area contributed by atoms with Crippen molar-refractivity contribution in [2.45, 2.75) is 6.54 Å². The molecule has 2 rings (SSSR count). The summed E-state index contributed by atoms with van der Waals surface area (Å²) in [5.41, 5.74) is 2.09. The second-order valence-corrected chi connectivity index (χ2v) is 4.08. The minimum absolute atomic E-state index is 0.0440. The van der Waals surface area contributed by atoms with E-state index >= 15 is 0 Å². The maximum atomic E-state index is 11.7. The Hall–Kier alpha value is -2.00. The van der Waals surface area contributed by atoms with Gasteiger partial charge in [-0.2, -0.15) is 0 Å². The molecule has 0 bridgehead atoms. The molecule has 3 N–H and O–H groups in total. The summed E-state index contributed by atoms with van der Waals surface area (Å²) >= 11 is 1.06. The van der Waals surface area contributed by atoms with Gasteiger partial charge in [0.05, 0.1) is 6.54 Å². The lowest BCUT2D eigenvalue weighted by atomic mass is 10.4. The van der Waals surface area contributed by atoms with Crippen LogP contribution >= 0.6 is 11.5 Å². The Morgan fingerprint density at radius 3 is 3.00 bits per heavy atom. The molecule has 0 aliphatic rings. The molecule has 0 spiro atoms. The lowest BCUT2D eigenvalue weighted by Crippen LogP contribution is -2.38. The summed E-state index contributed by atoms with van der Waals surface area (Å²) < 4.78 is 6.08. The van der Waals surface area contributed by atoms with Crippen molar-refractivity contribution in [2.75, 3.05) is 5.43 Å². The number of aryl methyl sites for hydroxylation is 1. The monoisotopic (exact) mass is 254 g/mol. The molecule has 0 saturated heterocycles. The molecule has 0 fully saturated rings. The van der Waals surface area contributed by atoms with Gasteiger partial charge in [0.25, 0.3) is 5.56 Å². The molecule has 0 aromatic carbocycles. The van der Waals surface area contributed by atoms with Crippen LogP contribution in [-0.2, 0) is 13.6 Å². The molecular formula is C8H10N6O2S. The van der Waals surface area contributed by atoms with Gasteiger partial charge in [-0.3, -0.25) is 9.36 Å². The molecule has 2 aromatic rings. The standard InChI is InChI=1S/C8H10N6O2S/c1-13-3-2-6(15)14(8(13)16)4-5-7(10-9)17-12-11-5/h2-3,10H,4,9H2,1H3. The fourth-order valence-corrected chi connectivity index (χ4v) is 1.82. The number of hydrogen-bond acceptors (Lipinski definition) is 7. The highest BCUT2D eigenvalue weighted by Crippen LogP contribution is 2.15. The van der Waals surface area contributed by atoms with Crippen LogP contribution in [-0.4, -0.2) is 18.7 Å². The predicted molar refractivity (Wildman–Crippen MR) is 62.8 cm³/mol. The first-order valence-corrected chi connectivity index (χ1v) is 5.45. The zero-order valence-electron chi connectivity index (χ0n) is 8.95. The number of nitrogens with two attached hydrogens (primary N) is 1. The first-order valence-electron chi connectivity index (χ1n) is 4.68. The van der Waals surface area contributed by atoms with Gasteiger partial charge in [0.1, 0.15) is 10.7 Å². The normalized spacial score (nSPS) is 10.5. The van der Waals surface area contributed by atoms with E-state index < -0.39 is 5.69 Å². The Labute approximate surface area is 99.4 Å². The summed E-state index contributed by atoms with van der Waals surface area (Å²) in [6.07, 6.45) is 1.42. The Balaban J connectivity index is 2.47.